The maximum Gasteiger partial charge on any atom is 0.164 e. The van der Waals surface area contributed by atoms with Gasteiger partial charge in [0.25, 0.3) is 0 Å². The zero-order chi connectivity index (χ0) is 26.8. The molecule has 0 amide bonds. The Kier molecular flexibility index (Phi) is 10.4. The summed E-state index contributed by atoms with van der Waals surface area (Å²) in [6.07, 6.45) is 1.33. The summed E-state index contributed by atoms with van der Waals surface area (Å²) in [6.45, 7) is 22.0. The average molecular weight is 665 g/mol. The van der Waals surface area contributed by atoms with Gasteiger partial charge in [-0.1, -0.05) is 93.5 Å². The van der Waals surface area contributed by atoms with Crippen LogP contribution in [-0.4, -0.2) is 15.9 Å². The second-order valence-corrected chi connectivity index (χ2v) is 12.5. The third kappa shape index (κ3) is 8.98. The number of aromatic nitrogens is 1. The van der Waals surface area contributed by atoms with Crippen molar-refractivity contribution in [3.8, 4) is 11.3 Å². The number of allylic oxidation sites excluding steroid dienone is 2. The topological polar surface area (TPSA) is 50.2 Å². The Morgan fingerprint density at radius 1 is 0.861 bits per heavy atom. The third-order valence-corrected chi connectivity index (χ3v) is 5.77. The van der Waals surface area contributed by atoms with E-state index in [9.17, 15) is 9.90 Å². The smallest absolute Gasteiger partial charge is 0.164 e. The number of benzene rings is 2. The minimum absolute atomic E-state index is 0. The molecule has 4 heteroatoms. The van der Waals surface area contributed by atoms with Crippen molar-refractivity contribution in [1.82, 2.24) is 4.98 Å². The van der Waals surface area contributed by atoms with Crippen LogP contribution in [0.15, 0.2) is 54.3 Å². The Hall–Kier alpha value is -2.29. The predicted octanol–water partition coefficient (Wildman–Crippen LogP) is 8.70. The van der Waals surface area contributed by atoms with Gasteiger partial charge in [0.05, 0.1) is 5.52 Å². The number of aliphatic hydroxyl groups excluding tert-OH is 1. The molecule has 0 atom stereocenters. The standard InChI is InChI=1S/C21H22N.C11H20O2.Ir/c1-14-6-7-16-8-9-19(22-20(16)12-14)17-10-15(2)11-18(13-17)21(3,4)5;1-10(2,3)8(12)7-9(13)11(4,5)6;/h6-9,11-13H,1-5H3;7,12H,1-6H3;/q-1;;/b;8-7-;. The molecular weight excluding hydrogens is 623 g/mol. The van der Waals surface area contributed by atoms with Gasteiger partial charge in [0.15, 0.2) is 5.78 Å². The van der Waals surface area contributed by atoms with Gasteiger partial charge in [-0.2, -0.15) is 0 Å². The zero-order valence-electron chi connectivity index (χ0n) is 23.8. The molecule has 0 saturated heterocycles. The van der Waals surface area contributed by atoms with Crippen molar-refractivity contribution in [1.29, 1.82) is 0 Å². The fourth-order valence-corrected chi connectivity index (χ4v) is 3.22. The quantitative estimate of drug-likeness (QED) is 0.169. The molecule has 1 radical (unpaired) electrons. The Morgan fingerprint density at radius 2 is 1.44 bits per heavy atom. The normalized spacial score (nSPS) is 12.5. The summed E-state index contributed by atoms with van der Waals surface area (Å²) < 4.78 is 0. The number of aliphatic hydroxyl groups is 1. The fourth-order valence-electron chi connectivity index (χ4n) is 3.22. The van der Waals surface area contributed by atoms with Crippen molar-refractivity contribution in [2.24, 2.45) is 10.8 Å². The number of rotatable bonds is 2. The monoisotopic (exact) mass is 665 g/mol. The van der Waals surface area contributed by atoms with Crippen molar-refractivity contribution >= 4 is 16.7 Å². The SMILES string of the molecule is CC(C)(C)C(=O)/C=C(\O)C(C)(C)C.Cc1[c-]c(-c2ccc3ccc(C)cc3n2)cc(C(C)(C)C)c1.[Ir]. The van der Waals surface area contributed by atoms with Gasteiger partial charge in [-0.3, -0.25) is 9.78 Å². The molecule has 3 aromatic rings. The zero-order valence-corrected chi connectivity index (χ0v) is 26.1. The van der Waals surface area contributed by atoms with Gasteiger partial charge in [0.1, 0.15) is 5.76 Å². The molecule has 0 spiro atoms. The molecule has 0 fully saturated rings. The number of fused-ring (bicyclic) bond motifs is 1. The van der Waals surface area contributed by atoms with E-state index >= 15 is 0 Å². The Labute approximate surface area is 231 Å². The first kappa shape index (κ1) is 31.7. The minimum atomic E-state index is -0.417. The minimum Gasteiger partial charge on any atom is -0.512 e. The first-order valence-electron chi connectivity index (χ1n) is 12.3. The molecule has 0 aliphatic rings. The van der Waals surface area contributed by atoms with E-state index in [4.69, 9.17) is 4.98 Å². The van der Waals surface area contributed by atoms with Crippen LogP contribution >= 0.6 is 0 Å². The molecule has 36 heavy (non-hydrogen) atoms. The molecule has 2 aromatic carbocycles. The first-order chi connectivity index (χ1) is 15.9. The average Bonchev–Trinajstić information content (AvgIpc) is 2.71. The molecule has 1 aromatic heterocycles. The summed E-state index contributed by atoms with van der Waals surface area (Å²) >= 11 is 0. The van der Waals surface area contributed by atoms with Crippen LogP contribution in [0.25, 0.3) is 22.2 Å². The van der Waals surface area contributed by atoms with E-state index < -0.39 is 5.41 Å². The van der Waals surface area contributed by atoms with E-state index in [0.29, 0.717) is 0 Å². The van der Waals surface area contributed by atoms with E-state index in [0.717, 1.165) is 22.3 Å². The van der Waals surface area contributed by atoms with Gasteiger partial charge in [-0.15, -0.1) is 34.9 Å². The summed E-state index contributed by atoms with van der Waals surface area (Å²) in [4.78, 5) is 16.3. The maximum atomic E-state index is 11.5. The summed E-state index contributed by atoms with van der Waals surface area (Å²) in [6, 6.07) is 18.5. The number of aryl methyl sites for hydroxylation is 2. The number of nitrogens with zero attached hydrogens (tertiary/aromatic N) is 1. The van der Waals surface area contributed by atoms with Crippen molar-refractivity contribution in [3.05, 3.63) is 77.1 Å². The van der Waals surface area contributed by atoms with Crippen LogP contribution in [0.5, 0.6) is 0 Å². The number of pyridine rings is 1. The van der Waals surface area contributed by atoms with Crippen LogP contribution in [0.4, 0.5) is 0 Å². The van der Waals surface area contributed by atoms with Crippen LogP contribution < -0.4 is 0 Å². The Balaban J connectivity index is 0.000000402. The number of hydrogen-bond donors (Lipinski definition) is 1. The van der Waals surface area contributed by atoms with Crippen LogP contribution in [-0.2, 0) is 30.3 Å². The van der Waals surface area contributed by atoms with Gasteiger partial charge in [-0.25, -0.2) is 0 Å². The van der Waals surface area contributed by atoms with Crippen molar-refractivity contribution < 1.29 is 30.0 Å². The molecule has 1 heterocycles. The Morgan fingerprint density at radius 3 is 1.97 bits per heavy atom. The molecule has 0 saturated carbocycles. The van der Waals surface area contributed by atoms with E-state index in [1.165, 1.54) is 22.6 Å². The van der Waals surface area contributed by atoms with Crippen LogP contribution in [0.1, 0.15) is 79.0 Å². The second kappa shape index (κ2) is 11.8. The van der Waals surface area contributed by atoms with Gasteiger partial charge in [-0.05, 0) is 35.0 Å². The van der Waals surface area contributed by atoms with Gasteiger partial charge < -0.3 is 5.11 Å². The van der Waals surface area contributed by atoms with Crippen LogP contribution in [0.2, 0.25) is 0 Å². The molecule has 0 bridgehead atoms. The third-order valence-electron chi connectivity index (χ3n) is 5.77. The number of carbonyl (C=O) groups is 1. The molecular formula is C32H42IrNO2-. The number of hydrogen-bond acceptors (Lipinski definition) is 3. The van der Waals surface area contributed by atoms with Crippen LogP contribution in [0, 0.1) is 30.7 Å². The summed E-state index contributed by atoms with van der Waals surface area (Å²) in [7, 11) is 0. The van der Waals surface area contributed by atoms with Gasteiger partial charge >= 0.3 is 0 Å². The number of carbonyl (C=O) groups excluding carboxylic acids is 1. The van der Waals surface area contributed by atoms with E-state index in [2.05, 4.69) is 83.1 Å². The molecule has 0 aliphatic carbocycles. The summed E-state index contributed by atoms with van der Waals surface area (Å²) in [5.74, 6) is 0.104. The molecule has 0 unspecified atom stereocenters. The first-order valence-corrected chi connectivity index (χ1v) is 12.3. The summed E-state index contributed by atoms with van der Waals surface area (Å²) in [5, 5.41) is 10.7. The maximum absolute atomic E-state index is 11.5. The van der Waals surface area contributed by atoms with Gasteiger partial charge in [0, 0.05) is 37.0 Å². The largest absolute Gasteiger partial charge is 0.512 e. The van der Waals surface area contributed by atoms with Crippen molar-refractivity contribution in [3.63, 3.8) is 0 Å². The van der Waals surface area contributed by atoms with E-state index in [1.54, 1.807) is 0 Å². The fraction of sp³-hybridized carbons (Fsp3) is 0.438. The predicted molar refractivity (Wildman–Crippen MR) is 149 cm³/mol. The molecule has 1 N–H and O–H groups in total. The van der Waals surface area contributed by atoms with Crippen LogP contribution in [0.3, 0.4) is 0 Å². The van der Waals surface area contributed by atoms with Crippen molar-refractivity contribution in [2.75, 3.05) is 0 Å². The molecule has 0 aliphatic heterocycles. The Bertz CT molecular complexity index is 1240. The van der Waals surface area contributed by atoms with E-state index in [-0.39, 0.29) is 42.5 Å². The van der Waals surface area contributed by atoms with Crippen molar-refractivity contribution in [2.45, 2.75) is 81.6 Å². The van der Waals surface area contributed by atoms with E-state index in [1.807, 2.05) is 41.5 Å². The molecule has 197 valence electrons. The number of ketones is 1. The molecule has 3 rings (SSSR count). The van der Waals surface area contributed by atoms with Gasteiger partial charge in [0.2, 0.25) is 0 Å². The molecule has 3 nitrogen and oxygen atoms in total. The summed E-state index contributed by atoms with van der Waals surface area (Å²) in [5.41, 5.74) is 6.20. The second-order valence-electron chi connectivity index (χ2n) is 12.5.